The fraction of sp³-hybridized carbons (Fsp3) is 0.250. The van der Waals surface area contributed by atoms with E-state index in [4.69, 9.17) is 9.47 Å². The van der Waals surface area contributed by atoms with E-state index in [0.29, 0.717) is 0 Å². The van der Waals surface area contributed by atoms with E-state index in [9.17, 15) is 20.0 Å². The summed E-state index contributed by atoms with van der Waals surface area (Å²) < 4.78 is 10.1. The zero-order valence-electron chi connectivity index (χ0n) is 10.1. The minimum atomic E-state index is -1.45. The lowest BCUT2D eigenvalue weighted by molar-refractivity contribution is -0.386. The molecule has 1 aliphatic rings. The lowest BCUT2D eigenvalue weighted by Crippen LogP contribution is -2.09. The van der Waals surface area contributed by atoms with Gasteiger partial charge in [-0.15, -0.1) is 0 Å². The molecule has 7 heteroatoms. The summed E-state index contributed by atoms with van der Waals surface area (Å²) in [6.07, 6.45) is -1.45. The molecule has 0 aromatic heterocycles. The molecule has 0 unspecified atom stereocenters. The highest BCUT2D eigenvalue weighted by atomic mass is 16.7. The zero-order chi connectivity index (χ0) is 14.2. The average molecular weight is 265 g/mol. The molecule has 0 bridgehead atoms. The molecule has 0 saturated carbocycles. The normalized spacial score (nSPS) is 14.0. The van der Waals surface area contributed by atoms with Gasteiger partial charge in [0.1, 0.15) is 6.10 Å². The van der Waals surface area contributed by atoms with Crippen LogP contribution in [0, 0.1) is 10.1 Å². The molecule has 2 rings (SSSR count). The number of Topliss-reactive ketones (excluding diaryl/α,β-unsaturated/α-hetero) is 1. The van der Waals surface area contributed by atoms with E-state index < -0.39 is 16.8 Å². The summed E-state index contributed by atoms with van der Waals surface area (Å²) in [6, 6.07) is 2.45. The molecule has 0 spiro atoms. The molecule has 1 N–H and O–H groups in total. The van der Waals surface area contributed by atoms with Crippen molar-refractivity contribution in [1.82, 2.24) is 0 Å². The lowest BCUT2D eigenvalue weighted by Gasteiger charge is -2.12. The third-order valence-corrected chi connectivity index (χ3v) is 2.80. The van der Waals surface area contributed by atoms with E-state index in [2.05, 4.69) is 6.58 Å². The summed E-state index contributed by atoms with van der Waals surface area (Å²) in [6.45, 7) is 4.61. The van der Waals surface area contributed by atoms with E-state index >= 15 is 0 Å². The van der Waals surface area contributed by atoms with Crippen molar-refractivity contribution in [2.24, 2.45) is 0 Å². The maximum absolute atomic E-state index is 11.2. The summed E-state index contributed by atoms with van der Waals surface area (Å²) in [7, 11) is 0. The number of carbonyl (C=O) groups excluding carboxylic acids is 1. The molecule has 19 heavy (non-hydrogen) atoms. The molecule has 1 aromatic rings. The summed E-state index contributed by atoms with van der Waals surface area (Å²) in [5.74, 6) is 0.0755. The molecule has 1 aromatic carbocycles. The third kappa shape index (κ3) is 2.27. The predicted molar refractivity (Wildman–Crippen MR) is 64.0 cm³/mol. The highest BCUT2D eigenvalue weighted by molar-refractivity contribution is 5.94. The van der Waals surface area contributed by atoms with Crippen LogP contribution in [0.25, 0.3) is 0 Å². The number of carbonyl (C=O) groups is 1. The van der Waals surface area contributed by atoms with Gasteiger partial charge in [-0.1, -0.05) is 6.58 Å². The van der Waals surface area contributed by atoms with Crippen molar-refractivity contribution in [3.05, 3.63) is 40.0 Å². The Bertz CT molecular complexity index is 580. The monoisotopic (exact) mass is 265 g/mol. The fourth-order valence-electron chi connectivity index (χ4n) is 1.70. The van der Waals surface area contributed by atoms with Gasteiger partial charge in [-0.25, -0.2) is 0 Å². The quantitative estimate of drug-likeness (QED) is 0.503. The molecule has 7 nitrogen and oxygen atoms in total. The first kappa shape index (κ1) is 13.0. The van der Waals surface area contributed by atoms with Crippen molar-refractivity contribution in [2.75, 3.05) is 6.79 Å². The zero-order valence-corrected chi connectivity index (χ0v) is 10.1. The first-order valence-corrected chi connectivity index (χ1v) is 5.37. The van der Waals surface area contributed by atoms with Crippen LogP contribution in [0.4, 0.5) is 5.69 Å². The Morgan fingerprint density at radius 3 is 2.58 bits per heavy atom. The molecule has 100 valence electrons. The molecule has 0 saturated heterocycles. The topological polar surface area (TPSA) is 98.9 Å². The van der Waals surface area contributed by atoms with Crippen LogP contribution in [0.15, 0.2) is 24.3 Å². The summed E-state index contributed by atoms with van der Waals surface area (Å²) in [5.41, 5.74) is -0.518. The van der Waals surface area contributed by atoms with Gasteiger partial charge in [-0.2, -0.15) is 0 Å². The number of benzene rings is 1. The van der Waals surface area contributed by atoms with Crippen molar-refractivity contribution in [1.29, 1.82) is 0 Å². The highest BCUT2D eigenvalue weighted by Crippen LogP contribution is 2.41. The van der Waals surface area contributed by atoms with Crippen LogP contribution in [0.1, 0.15) is 18.6 Å². The SMILES string of the molecule is C=C(C(C)=O)[C@@H](O)c1cc2c(cc1[N+](=O)[O-])OCO2. The number of ketones is 1. The highest BCUT2D eigenvalue weighted by Gasteiger charge is 2.29. The van der Waals surface area contributed by atoms with E-state index in [1.165, 1.54) is 13.0 Å². The van der Waals surface area contributed by atoms with Crippen LogP contribution >= 0.6 is 0 Å². The summed E-state index contributed by atoms with van der Waals surface area (Å²) >= 11 is 0. The number of fused-ring (bicyclic) bond motifs is 1. The smallest absolute Gasteiger partial charge is 0.279 e. The molecule has 0 amide bonds. The molecular formula is C12H11NO6. The Hall–Kier alpha value is -2.41. The average Bonchev–Trinajstić information content (AvgIpc) is 2.82. The Morgan fingerprint density at radius 1 is 1.47 bits per heavy atom. The van der Waals surface area contributed by atoms with Crippen LogP contribution < -0.4 is 9.47 Å². The molecule has 1 aliphatic heterocycles. The number of nitrogens with zero attached hydrogens (tertiary/aromatic N) is 1. The number of aliphatic hydroxyl groups is 1. The third-order valence-electron chi connectivity index (χ3n) is 2.80. The van der Waals surface area contributed by atoms with Crippen LogP contribution in [0.3, 0.4) is 0 Å². The molecule has 0 radical (unpaired) electrons. The first-order chi connectivity index (χ1) is 8.91. The summed E-state index contributed by atoms with van der Waals surface area (Å²) in [4.78, 5) is 21.5. The van der Waals surface area contributed by atoms with E-state index in [1.54, 1.807) is 0 Å². The predicted octanol–water partition coefficient (Wildman–Crippen LogP) is 1.50. The number of hydrogen-bond donors (Lipinski definition) is 1. The van der Waals surface area contributed by atoms with E-state index in [-0.39, 0.29) is 35.1 Å². The summed E-state index contributed by atoms with van der Waals surface area (Å²) in [5, 5.41) is 21.0. The van der Waals surface area contributed by atoms with Crippen LogP contribution in [-0.2, 0) is 4.79 Å². The van der Waals surface area contributed by atoms with Crippen molar-refractivity contribution in [3.63, 3.8) is 0 Å². The Kier molecular flexibility index (Phi) is 3.22. The molecule has 1 atom stereocenters. The van der Waals surface area contributed by atoms with Gasteiger partial charge in [0.25, 0.3) is 5.69 Å². The van der Waals surface area contributed by atoms with Gasteiger partial charge >= 0.3 is 0 Å². The van der Waals surface area contributed by atoms with Gasteiger partial charge in [0.2, 0.25) is 6.79 Å². The second kappa shape index (κ2) is 4.69. The molecule has 1 heterocycles. The number of hydrogen-bond acceptors (Lipinski definition) is 6. The van der Waals surface area contributed by atoms with Gasteiger partial charge in [0, 0.05) is 5.57 Å². The standard InChI is InChI=1S/C12H11NO6/c1-6(7(2)14)12(15)8-3-10-11(19-5-18-10)4-9(8)13(16)17/h3-4,12,15H,1,5H2,2H3/t12-/m1/s1. The van der Waals surface area contributed by atoms with Gasteiger partial charge < -0.3 is 14.6 Å². The minimum Gasteiger partial charge on any atom is -0.454 e. The van der Waals surface area contributed by atoms with Gasteiger partial charge in [-0.05, 0) is 13.0 Å². The number of nitro groups is 1. The Balaban J connectivity index is 2.52. The van der Waals surface area contributed by atoms with Crippen molar-refractivity contribution in [2.45, 2.75) is 13.0 Å². The molecular weight excluding hydrogens is 254 g/mol. The fourth-order valence-corrected chi connectivity index (χ4v) is 1.70. The number of nitro benzene ring substituents is 1. The largest absolute Gasteiger partial charge is 0.454 e. The number of ether oxygens (including phenoxy) is 2. The van der Waals surface area contributed by atoms with E-state index in [0.717, 1.165) is 6.07 Å². The van der Waals surface area contributed by atoms with Crippen molar-refractivity contribution in [3.8, 4) is 11.5 Å². The number of rotatable bonds is 4. The second-order valence-corrected chi connectivity index (χ2v) is 4.01. The maximum Gasteiger partial charge on any atom is 0.279 e. The van der Waals surface area contributed by atoms with Gasteiger partial charge in [0.05, 0.1) is 16.6 Å². The first-order valence-electron chi connectivity index (χ1n) is 5.37. The second-order valence-electron chi connectivity index (χ2n) is 4.01. The van der Waals surface area contributed by atoms with Crippen LogP contribution in [-0.4, -0.2) is 22.6 Å². The maximum atomic E-state index is 11.2. The lowest BCUT2D eigenvalue weighted by atomic mass is 9.98. The van der Waals surface area contributed by atoms with Gasteiger partial charge in [0.15, 0.2) is 17.3 Å². The Morgan fingerprint density at radius 2 is 2.05 bits per heavy atom. The van der Waals surface area contributed by atoms with E-state index in [1.807, 2.05) is 0 Å². The van der Waals surface area contributed by atoms with Crippen LogP contribution in [0.5, 0.6) is 11.5 Å². The number of aliphatic hydroxyl groups excluding tert-OH is 1. The van der Waals surface area contributed by atoms with Crippen LogP contribution in [0.2, 0.25) is 0 Å². The Labute approximate surface area is 108 Å². The van der Waals surface area contributed by atoms with Gasteiger partial charge in [-0.3, -0.25) is 14.9 Å². The minimum absolute atomic E-state index is 0.0420. The van der Waals surface area contributed by atoms with Crippen molar-refractivity contribution < 1.29 is 24.3 Å². The van der Waals surface area contributed by atoms with Crippen molar-refractivity contribution >= 4 is 11.5 Å². The molecule has 0 aliphatic carbocycles. The molecule has 0 fully saturated rings.